The fourth-order valence-corrected chi connectivity index (χ4v) is 6.16. The zero-order valence-corrected chi connectivity index (χ0v) is 18.5. The highest BCUT2D eigenvalue weighted by molar-refractivity contribution is 7.91. The SMILES string of the molecule is CCn1cnc2c1c(=O)[nH]c(=O)n2Cc1ccc(CCS(=O)(=O)CC2CCCC2)cc1. The maximum absolute atomic E-state index is 12.4. The Hall–Kier alpha value is -2.68. The second kappa shape index (κ2) is 8.82. The Morgan fingerprint density at radius 2 is 1.77 bits per heavy atom. The van der Waals surface area contributed by atoms with Crippen LogP contribution in [0.4, 0.5) is 0 Å². The molecule has 1 aliphatic rings. The van der Waals surface area contributed by atoms with E-state index in [1.54, 1.807) is 10.9 Å². The third-order valence-corrected chi connectivity index (χ3v) is 7.93. The van der Waals surface area contributed by atoms with Crippen molar-refractivity contribution in [1.29, 1.82) is 0 Å². The van der Waals surface area contributed by atoms with Crippen LogP contribution in [0, 0.1) is 5.92 Å². The number of aromatic amines is 1. The summed E-state index contributed by atoms with van der Waals surface area (Å²) in [6, 6.07) is 7.58. The Morgan fingerprint density at radius 3 is 2.45 bits per heavy atom. The number of nitrogens with zero attached hydrogens (tertiary/aromatic N) is 3. The number of aromatic nitrogens is 4. The minimum atomic E-state index is -3.05. The summed E-state index contributed by atoms with van der Waals surface area (Å²) in [5.41, 5.74) is 1.63. The highest BCUT2D eigenvalue weighted by Crippen LogP contribution is 2.26. The molecule has 1 aromatic carbocycles. The molecule has 0 radical (unpaired) electrons. The van der Waals surface area contributed by atoms with Gasteiger partial charge >= 0.3 is 5.69 Å². The molecule has 166 valence electrons. The van der Waals surface area contributed by atoms with Gasteiger partial charge in [0.15, 0.2) is 21.0 Å². The van der Waals surface area contributed by atoms with Crippen LogP contribution in [0.15, 0.2) is 40.2 Å². The average Bonchev–Trinajstić information content (AvgIpc) is 3.40. The average molecular weight is 445 g/mol. The van der Waals surface area contributed by atoms with E-state index in [0.29, 0.717) is 35.8 Å². The van der Waals surface area contributed by atoms with Gasteiger partial charge in [0.05, 0.1) is 24.4 Å². The van der Waals surface area contributed by atoms with E-state index in [-0.39, 0.29) is 12.3 Å². The molecule has 3 aromatic rings. The first-order valence-corrected chi connectivity index (χ1v) is 12.6. The van der Waals surface area contributed by atoms with E-state index in [2.05, 4.69) is 9.97 Å². The predicted molar refractivity (Wildman–Crippen MR) is 120 cm³/mol. The van der Waals surface area contributed by atoms with Crippen LogP contribution in [-0.2, 0) is 29.3 Å². The van der Waals surface area contributed by atoms with Gasteiger partial charge < -0.3 is 4.57 Å². The number of aryl methyl sites for hydroxylation is 2. The summed E-state index contributed by atoms with van der Waals surface area (Å²) in [5.74, 6) is 0.800. The van der Waals surface area contributed by atoms with E-state index in [1.807, 2.05) is 31.2 Å². The molecule has 1 aliphatic carbocycles. The van der Waals surface area contributed by atoms with Crippen molar-refractivity contribution in [1.82, 2.24) is 19.1 Å². The second-order valence-electron chi connectivity index (χ2n) is 8.38. The van der Waals surface area contributed by atoms with E-state index >= 15 is 0 Å². The summed E-state index contributed by atoms with van der Waals surface area (Å²) in [7, 11) is -3.05. The van der Waals surface area contributed by atoms with Crippen LogP contribution in [0.5, 0.6) is 0 Å². The third-order valence-electron chi connectivity index (χ3n) is 6.13. The molecule has 0 unspecified atom stereocenters. The Kier molecular flexibility index (Phi) is 6.13. The van der Waals surface area contributed by atoms with E-state index in [9.17, 15) is 18.0 Å². The molecule has 0 atom stereocenters. The summed E-state index contributed by atoms with van der Waals surface area (Å²) in [4.78, 5) is 31.2. The Balaban J connectivity index is 1.46. The van der Waals surface area contributed by atoms with Gasteiger partial charge in [-0.25, -0.2) is 18.2 Å². The second-order valence-corrected chi connectivity index (χ2v) is 10.6. The molecule has 8 nitrogen and oxygen atoms in total. The van der Waals surface area contributed by atoms with Crippen LogP contribution >= 0.6 is 0 Å². The van der Waals surface area contributed by atoms with Crippen molar-refractivity contribution in [3.05, 3.63) is 62.6 Å². The first-order chi connectivity index (χ1) is 14.9. The van der Waals surface area contributed by atoms with Crippen molar-refractivity contribution in [3.63, 3.8) is 0 Å². The van der Waals surface area contributed by atoms with Crippen molar-refractivity contribution >= 4 is 21.0 Å². The number of fused-ring (bicyclic) bond motifs is 1. The predicted octanol–water partition coefficient (Wildman–Crippen LogP) is 2.10. The highest BCUT2D eigenvalue weighted by Gasteiger charge is 2.22. The fraction of sp³-hybridized carbons (Fsp3) is 0.500. The van der Waals surface area contributed by atoms with Gasteiger partial charge in [-0.1, -0.05) is 37.1 Å². The lowest BCUT2D eigenvalue weighted by Gasteiger charge is -2.10. The molecule has 0 saturated heterocycles. The molecule has 1 saturated carbocycles. The molecule has 0 amide bonds. The van der Waals surface area contributed by atoms with E-state index in [1.165, 1.54) is 4.57 Å². The first-order valence-electron chi connectivity index (χ1n) is 10.8. The molecule has 2 heterocycles. The highest BCUT2D eigenvalue weighted by atomic mass is 32.2. The Morgan fingerprint density at radius 1 is 1.10 bits per heavy atom. The van der Waals surface area contributed by atoms with Gasteiger partial charge in [0.2, 0.25) is 0 Å². The molecule has 0 bridgehead atoms. The number of H-pyrrole nitrogens is 1. The first kappa shape index (κ1) is 21.5. The van der Waals surface area contributed by atoms with Crippen LogP contribution in [0.25, 0.3) is 11.2 Å². The Labute approximate surface area is 180 Å². The van der Waals surface area contributed by atoms with E-state index < -0.39 is 21.1 Å². The lowest BCUT2D eigenvalue weighted by atomic mass is 10.1. The lowest BCUT2D eigenvalue weighted by molar-refractivity contribution is 0.558. The monoisotopic (exact) mass is 444 g/mol. The van der Waals surface area contributed by atoms with Crippen molar-refractivity contribution in [2.45, 2.75) is 52.1 Å². The van der Waals surface area contributed by atoms with Gasteiger partial charge in [-0.3, -0.25) is 14.3 Å². The number of hydrogen-bond acceptors (Lipinski definition) is 5. The molecule has 0 spiro atoms. The summed E-state index contributed by atoms with van der Waals surface area (Å²) >= 11 is 0. The van der Waals surface area contributed by atoms with Crippen LogP contribution in [0.1, 0.15) is 43.7 Å². The molecule has 2 aromatic heterocycles. The molecule has 4 rings (SSSR count). The number of hydrogen-bond donors (Lipinski definition) is 1. The fourth-order valence-electron chi connectivity index (χ4n) is 4.39. The van der Waals surface area contributed by atoms with Crippen molar-refractivity contribution in [2.75, 3.05) is 11.5 Å². The van der Waals surface area contributed by atoms with Crippen molar-refractivity contribution in [3.8, 4) is 0 Å². The van der Waals surface area contributed by atoms with Gasteiger partial charge in [-0.2, -0.15) is 0 Å². The topological polar surface area (TPSA) is 107 Å². The number of sulfone groups is 1. The summed E-state index contributed by atoms with van der Waals surface area (Å²) in [6.07, 6.45) is 6.39. The maximum Gasteiger partial charge on any atom is 0.330 e. The molecule has 0 aliphatic heterocycles. The van der Waals surface area contributed by atoms with Crippen LogP contribution in [-0.4, -0.2) is 39.0 Å². The number of benzene rings is 1. The largest absolute Gasteiger partial charge is 0.330 e. The smallest absolute Gasteiger partial charge is 0.325 e. The summed E-state index contributed by atoms with van der Waals surface area (Å²) in [5, 5.41) is 0. The quantitative estimate of drug-likeness (QED) is 0.573. The zero-order valence-electron chi connectivity index (χ0n) is 17.7. The standard InChI is InChI=1S/C22H28N4O4S/c1-2-25-15-23-20-19(25)21(27)24-22(28)26(20)13-17-9-7-16(8-10-17)11-12-31(29,30)14-18-5-3-4-6-18/h7-10,15,18H,2-6,11-14H2,1H3,(H,24,27,28). The minimum Gasteiger partial charge on any atom is -0.325 e. The molecule has 9 heteroatoms. The maximum atomic E-state index is 12.4. The van der Waals surface area contributed by atoms with E-state index in [0.717, 1.165) is 36.8 Å². The molecule has 1 N–H and O–H groups in total. The number of imidazole rings is 1. The number of rotatable bonds is 8. The minimum absolute atomic E-state index is 0.164. The van der Waals surface area contributed by atoms with Crippen LogP contribution in [0.2, 0.25) is 0 Å². The molecular formula is C22H28N4O4S. The summed E-state index contributed by atoms with van der Waals surface area (Å²) < 4.78 is 28.0. The Bertz CT molecular complexity index is 1280. The van der Waals surface area contributed by atoms with Crippen molar-refractivity contribution in [2.24, 2.45) is 5.92 Å². The van der Waals surface area contributed by atoms with Gasteiger partial charge in [0.1, 0.15) is 0 Å². The van der Waals surface area contributed by atoms with Gasteiger partial charge in [0.25, 0.3) is 5.56 Å². The van der Waals surface area contributed by atoms with E-state index in [4.69, 9.17) is 0 Å². The zero-order chi connectivity index (χ0) is 22.0. The van der Waals surface area contributed by atoms with Crippen LogP contribution in [0.3, 0.4) is 0 Å². The number of nitrogens with one attached hydrogen (secondary N) is 1. The summed E-state index contributed by atoms with van der Waals surface area (Å²) in [6.45, 7) is 2.76. The lowest BCUT2D eigenvalue weighted by Crippen LogP contribution is -2.31. The molecular weight excluding hydrogens is 416 g/mol. The molecule has 1 fully saturated rings. The van der Waals surface area contributed by atoms with Crippen molar-refractivity contribution < 1.29 is 8.42 Å². The van der Waals surface area contributed by atoms with Gasteiger partial charge in [0, 0.05) is 6.54 Å². The third kappa shape index (κ3) is 4.81. The van der Waals surface area contributed by atoms with Gasteiger partial charge in [-0.05, 0) is 43.2 Å². The van der Waals surface area contributed by atoms with Gasteiger partial charge in [-0.15, -0.1) is 0 Å². The normalized spacial score (nSPS) is 15.1. The van der Waals surface area contributed by atoms with Crippen LogP contribution < -0.4 is 11.2 Å². The molecule has 31 heavy (non-hydrogen) atoms.